The normalized spacial score (nSPS) is 11.6. The van der Waals surface area contributed by atoms with E-state index in [2.05, 4.69) is 57.3 Å². The van der Waals surface area contributed by atoms with E-state index in [9.17, 15) is 9.59 Å². The van der Waals surface area contributed by atoms with Gasteiger partial charge < -0.3 is 9.47 Å². The lowest BCUT2D eigenvalue weighted by Crippen LogP contribution is -2.35. The molecule has 36 heavy (non-hydrogen) atoms. The number of methoxy groups -OCH3 is 1. The topological polar surface area (TPSA) is 64.6 Å². The molecule has 0 unspecified atom stereocenters. The summed E-state index contributed by atoms with van der Waals surface area (Å²) in [5, 5.41) is 4.95. The summed E-state index contributed by atoms with van der Waals surface area (Å²) in [5.74, 6) is -0.646. The number of carbonyl (C=O) groups is 2. The SMILES string of the molecule is COC(=O)C(NC(=O)OC(C)(C)C)=C(c1ccc2sc(C)c(C)c2c1)c1ccc2sc(C)c(C)c2c1. The molecule has 0 saturated heterocycles. The van der Waals surface area contributed by atoms with Crippen LogP contribution in [0.15, 0.2) is 42.1 Å². The van der Waals surface area contributed by atoms with Crippen molar-refractivity contribution >= 4 is 60.5 Å². The summed E-state index contributed by atoms with van der Waals surface area (Å²) in [5.41, 5.74) is 3.93. The molecule has 0 bridgehead atoms. The monoisotopic (exact) mass is 521 g/mol. The zero-order valence-corrected chi connectivity index (χ0v) is 23.5. The molecule has 1 amide bonds. The maximum Gasteiger partial charge on any atom is 0.412 e. The molecule has 0 atom stereocenters. The highest BCUT2D eigenvalue weighted by Crippen LogP contribution is 2.38. The molecule has 0 aliphatic carbocycles. The number of ether oxygens (including phenoxy) is 2. The average molecular weight is 522 g/mol. The van der Waals surface area contributed by atoms with E-state index in [1.165, 1.54) is 37.4 Å². The van der Waals surface area contributed by atoms with Crippen LogP contribution in [0.5, 0.6) is 0 Å². The Hall–Kier alpha value is -3.16. The lowest BCUT2D eigenvalue weighted by Gasteiger charge is -2.21. The summed E-state index contributed by atoms with van der Waals surface area (Å²) in [6.45, 7) is 13.8. The van der Waals surface area contributed by atoms with Crippen LogP contribution in [0.1, 0.15) is 52.8 Å². The first-order valence-corrected chi connectivity index (χ1v) is 13.4. The maximum absolute atomic E-state index is 13.1. The minimum absolute atomic E-state index is 0.0414. The Labute approximate surface area is 219 Å². The molecule has 0 aliphatic rings. The van der Waals surface area contributed by atoms with Gasteiger partial charge >= 0.3 is 12.1 Å². The summed E-state index contributed by atoms with van der Waals surface area (Å²) in [4.78, 5) is 28.4. The number of aryl methyl sites for hydroxylation is 4. The van der Waals surface area contributed by atoms with Crippen LogP contribution >= 0.6 is 22.7 Å². The Balaban J connectivity index is 2.01. The van der Waals surface area contributed by atoms with Crippen LogP contribution in [0, 0.1) is 27.7 Å². The second-order valence-electron chi connectivity index (χ2n) is 9.86. The highest BCUT2D eigenvalue weighted by atomic mass is 32.1. The first-order valence-electron chi connectivity index (χ1n) is 11.7. The molecule has 0 spiro atoms. The van der Waals surface area contributed by atoms with Crippen LogP contribution in [0.3, 0.4) is 0 Å². The van der Waals surface area contributed by atoms with Gasteiger partial charge in [-0.25, -0.2) is 9.59 Å². The number of esters is 1. The summed E-state index contributed by atoms with van der Waals surface area (Å²) < 4.78 is 13.0. The molecule has 2 heterocycles. The predicted molar refractivity (Wildman–Crippen MR) is 150 cm³/mol. The Kier molecular flexibility index (Phi) is 6.99. The standard InChI is InChI=1S/C29H31NO4S2/c1-15-17(3)35-23-11-9-19(13-21(15)23)25(20-10-12-24-22(14-20)16(2)18(4)36-24)26(27(31)33-8)30-28(32)34-29(5,6)7/h9-14H,1-8H3,(H,30,32). The number of alkyl carbamates (subject to hydrolysis) is 1. The van der Waals surface area contributed by atoms with Crippen LogP contribution in [0.2, 0.25) is 0 Å². The Morgan fingerprint density at radius 2 is 1.28 bits per heavy atom. The number of thiophene rings is 2. The Bertz CT molecular complexity index is 1440. The van der Waals surface area contributed by atoms with E-state index in [4.69, 9.17) is 9.47 Å². The largest absolute Gasteiger partial charge is 0.464 e. The Morgan fingerprint density at radius 1 is 0.806 bits per heavy atom. The average Bonchev–Trinajstić information content (AvgIpc) is 3.26. The number of hydrogen-bond acceptors (Lipinski definition) is 6. The third kappa shape index (κ3) is 5.04. The molecule has 2 aromatic carbocycles. The number of fused-ring (bicyclic) bond motifs is 2. The molecule has 1 N–H and O–H groups in total. The summed E-state index contributed by atoms with van der Waals surface area (Å²) in [6, 6.07) is 12.3. The van der Waals surface area contributed by atoms with Crippen molar-refractivity contribution in [2.45, 2.75) is 54.1 Å². The van der Waals surface area contributed by atoms with E-state index in [0.29, 0.717) is 5.57 Å². The molecule has 4 aromatic rings. The van der Waals surface area contributed by atoms with Crippen molar-refractivity contribution in [1.82, 2.24) is 5.32 Å². The van der Waals surface area contributed by atoms with E-state index in [1.54, 1.807) is 43.4 Å². The zero-order chi connectivity index (χ0) is 26.4. The second-order valence-corrected chi connectivity index (χ2v) is 12.4. The van der Waals surface area contributed by atoms with Crippen molar-refractivity contribution in [3.8, 4) is 0 Å². The van der Waals surface area contributed by atoms with Gasteiger partial charge in [-0.1, -0.05) is 12.1 Å². The quantitative estimate of drug-likeness (QED) is 0.220. The van der Waals surface area contributed by atoms with Crippen molar-refractivity contribution in [2.75, 3.05) is 7.11 Å². The number of rotatable bonds is 4. The highest BCUT2D eigenvalue weighted by molar-refractivity contribution is 7.19. The van der Waals surface area contributed by atoms with E-state index in [-0.39, 0.29) is 5.70 Å². The van der Waals surface area contributed by atoms with E-state index in [0.717, 1.165) is 21.9 Å². The second kappa shape index (κ2) is 9.71. The molecule has 0 saturated carbocycles. The molecule has 188 valence electrons. The number of benzene rings is 2. The molecule has 0 fully saturated rings. The van der Waals surface area contributed by atoms with Crippen LogP contribution in [-0.2, 0) is 14.3 Å². The fourth-order valence-electron chi connectivity index (χ4n) is 4.18. The first-order chi connectivity index (χ1) is 16.9. The predicted octanol–water partition coefficient (Wildman–Crippen LogP) is 7.81. The van der Waals surface area contributed by atoms with Gasteiger partial charge in [0.05, 0.1) is 7.11 Å². The zero-order valence-electron chi connectivity index (χ0n) is 21.9. The number of nitrogens with one attached hydrogen (secondary N) is 1. The number of amides is 1. The molecule has 2 aromatic heterocycles. The van der Waals surface area contributed by atoms with Gasteiger partial charge in [-0.15, -0.1) is 22.7 Å². The smallest absolute Gasteiger partial charge is 0.412 e. The molecule has 0 aliphatic heterocycles. The van der Waals surface area contributed by atoms with E-state index < -0.39 is 17.7 Å². The van der Waals surface area contributed by atoms with Gasteiger partial charge in [-0.3, -0.25) is 5.32 Å². The van der Waals surface area contributed by atoms with Crippen molar-refractivity contribution in [3.63, 3.8) is 0 Å². The number of hydrogen-bond donors (Lipinski definition) is 1. The van der Waals surface area contributed by atoms with Crippen molar-refractivity contribution in [1.29, 1.82) is 0 Å². The minimum Gasteiger partial charge on any atom is -0.464 e. The van der Waals surface area contributed by atoms with Gasteiger partial charge in [-0.2, -0.15) is 0 Å². The molecule has 7 heteroatoms. The Morgan fingerprint density at radius 3 is 1.69 bits per heavy atom. The van der Waals surface area contributed by atoms with E-state index in [1.807, 2.05) is 12.1 Å². The fraction of sp³-hybridized carbons (Fsp3) is 0.310. The van der Waals surface area contributed by atoms with Gasteiger partial charge in [0.1, 0.15) is 11.3 Å². The van der Waals surface area contributed by atoms with Gasteiger partial charge in [0.15, 0.2) is 0 Å². The minimum atomic E-state index is -0.722. The van der Waals surface area contributed by atoms with Gasteiger partial charge in [-0.05, 0) is 106 Å². The highest BCUT2D eigenvalue weighted by Gasteiger charge is 2.25. The lowest BCUT2D eigenvalue weighted by atomic mass is 9.93. The van der Waals surface area contributed by atoms with Crippen LogP contribution in [-0.4, -0.2) is 24.8 Å². The van der Waals surface area contributed by atoms with Crippen LogP contribution < -0.4 is 5.32 Å². The van der Waals surface area contributed by atoms with Gasteiger partial charge in [0.2, 0.25) is 0 Å². The van der Waals surface area contributed by atoms with Gasteiger partial charge in [0.25, 0.3) is 0 Å². The maximum atomic E-state index is 13.1. The third-order valence-corrected chi connectivity index (χ3v) is 8.57. The van der Waals surface area contributed by atoms with Gasteiger partial charge in [0, 0.05) is 24.7 Å². The summed E-state index contributed by atoms with van der Waals surface area (Å²) in [7, 11) is 1.31. The molecule has 0 radical (unpaired) electrons. The van der Waals surface area contributed by atoms with Crippen LogP contribution in [0.25, 0.3) is 25.7 Å². The lowest BCUT2D eigenvalue weighted by molar-refractivity contribution is -0.136. The molecular weight excluding hydrogens is 490 g/mol. The third-order valence-electron chi connectivity index (χ3n) is 6.19. The summed E-state index contributed by atoms with van der Waals surface area (Å²) >= 11 is 3.48. The van der Waals surface area contributed by atoms with Crippen molar-refractivity contribution < 1.29 is 19.1 Å². The first kappa shape index (κ1) is 25.9. The van der Waals surface area contributed by atoms with Crippen molar-refractivity contribution in [2.24, 2.45) is 0 Å². The molecule has 4 rings (SSSR count). The van der Waals surface area contributed by atoms with E-state index >= 15 is 0 Å². The summed E-state index contributed by atoms with van der Waals surface area (Å²) in [6.07, 6.45) is -0.715. The fourth-order valence-corrected chi connectivity index (χ4v) is 6.28. The molecular formula is C29H31NO4S2. The molecule has 5 nitrogen and oxygen atoms in total. The van der Waals surface area contributed by atoms with Crippen molar-refractivity contribution in [3.05, 3.63) is 74.1 Å². The van der Waals surface area contributed by atoms with Crippen LogP contribution in [0.4, 0.5) is 4.79 Å². The number of carbonyl (C=O) groups excluding carboxylic acids is 2.